The fraction of sp³-hybridized carbons (Fsp3) is 0.235. The molecule has 0 aromatic heterocycles. The summed E-state index contributed by atoms with van der Waals surface area (Å²) < 4.78 is 0. The molecular weight excluding hydrogens is 218 g/mol. The second-order valence-corrected chi connectivity index (χ2v) is 4.79. The molecule has 1 atom stereocenters. The zero-order chi connectivity index (χ0) is 12.2. The summed E-state index contributed by atoms with van der Waals surface area (Å²) in [7, 11) is 0. The van der Waals surface area contributed by atoms with Gasteiger partial charge in [0.2, 0.25) is 0 Å². The Hall–Kier alpha value is -1.89. The zero-order valence-corrected chi connectivity index (χ0v) is 10.4. The third-order valence-corrected chi connectivity index (χ3v) is 3.56. The van der Waals surface area contributed by atoms with Gasteiger partial charge in [-0.25, -0.2) is 0 Å². The van der Waals surface area contributed by atoms with Crippen LogP contribution in [0.15, 0.2) is 65.7 Å². The molecule has 3 rings (SSSR count). The number of aliphatic imine (C=N–C) groups is 1. The van der Waals surface area contributed by atoms with E-state index >= 15 is 0 Å². The van der Waals surface area contributed by atoms with Crippen LogP contribution in [-0.2, 0) is 6.42 Å². The number of hydrogen-bond donors (Lipinski definition) is 0. The molecule has 2 aromatic rings. The van der Waals surface area contributed by atoms with Gasteiger partial charge in [-0.2, -0.15) is 0 Å². The Balaban J connectivity index is 1.80. The Kier molecular flexibility index (Phi) is 3.22. The number of benzene rings is 2. The third-order valence-electron chi connectivity index (χ3n) is 3.56. The second-order valence-electron chi connectivity index (χ2n) is 4.79. The Bertz CT molecular complexity index is 528. The van der Waals surface area contributed by atoms with E-state index in [2.05, 4.69) is 60.7 Å². The van der Waals surface area contributed by atoms with Crippen LogP contribution in [0.25, 0.3) is 0 Å². The van der Waals surface area contributed by atoms with Gasteiger partial charge >= 0.3 is 0 Å². The van der Waals surface area contributed by atoms with Crippen LogP contribution in [0.5, 0.6) is 0 Å². The van der Waals surface area contributed by atoms with Crippen LogP contribution in [0, 0.1) is 0 Å². The summed E-state index contributed by atoms with van der Waals surface area (Å²) in [5, 5.41) is 0. The van der Waals surface area contributed by atoms with Crippen molar-refractivity contribution in [1.82, 2.24) is 0 Å². The van der Waals surface area contributed by atoms with E-state index < -0.39 is 0 Å². The van der Waals surface area contributed by atoms with Crippen LogP contribution in [0.4, 0.5) is 0 Å². The van der Waals surface area contributed by atoms with Gasteiger partial charge in [0.25, 0.3) is 0 Å². The van der Waals surface area contributed by atoms with Gasteiger partial charge in [-0.15, -0.1) is 0 Å². The van der Waals surface area contributed by atoms with Gasteiger partial charge in [-0.05, 0) is 17.5 Å². The van der Waals surface area contributed by atoms with E-state index in [1.54, 1.807) is 0 Å². The molecule has 1 heterocycles. The number of hydrogen-bond acceptors (Lipinski definition) is 1. The summed E-state index contributed by atoms with van der Waals surface area (Å²) >= 11 is 0. The molecule has 0 spiro atoms. The van der Waals surface area contributed by atoms with Crippen molar-refractivity contribution in [3.05, 3.63) is 71.8 Å². The normalized spacial score (nSPS) is 18.7. The first kappa shape index (κ1) is 11.2. The van der Waals surface area contributed by atoms with Crippen molar-refractivity contribution >= 4 is 5.71 Å². The van der Waals surface area contributed by atoms with Gasteiger partial charge in [0.05, 0.1) is 0 Å². The summed E-state index contributed by atoms with van der Waals surface area (Å²) in [6.45, 7) is 0.974. The fourth-order valence-corrected chi connectivity index (χ4v) is 2.64. The number of rotatable bonds is 3. The van der Waals surface area contributed by atoms with Gasteiger partial charge in [0.15, 0.2) is 0 Å². The largest absolute Gasteiger partial charge is 0.293 e. The summed E-state index contributed by atoms with van der Waals surface area (Å²) in [5.74, 6) is 0.520. The lowest BCUT2D eigenvalue weighted by molar-refractivity contribution is 0.837. The molecule has 2 aromatic carbocycles. The molecule has 18 heavy (non-hydrogen) atoms. The smallest absolute Gasteiger partial charge is 0.0398 e. The maximum absolute atomic E-state index is 4.71. The average molecular weight is 235 g/mol. The SMILES string of the molecule is c1ccc(CC2=NCCC2c2ccccc2)cc1. The zero-order valence-electron chi connectivity index (χ0n) is 10.4. The molecule has 1 unspecified atom stereocenters. The highest BCUT2D eigenvalue weighted by atomic mass is 14.8. The van der Waals surface area contributed by atoms with Crippen LogP contribution in [0.1, 0.15) is 23.5 Å². The standard InChI is InChI=1S/C17H17N/c1-3-7-14(8-4-1)13-17-16(11-12-18-17)15-9-5-2-6-10-15/h1-10,16H,11-13H2. The molecule has 0 radical (unpaired) electrons. The minimum absolute atomic E-state index is 0.520. The topological polar surface area (TPSA) is 12.4 Å². The average Bonchev–Trinajstić information content (AvgIpc) is 2.89. The molecule has 1 aliphatic heterocycles. The summed E-state index contributed by atoms with van der Waals surface area (Å²) in [6.07, 6.45) is 2.15. The molecule has 1 heteroatoms. The van der Waals surface area contributed by atoms with Gasteiger partial charge in [0.1, 0.15) is 0 Å². The van der Waals surface area contributed by atoms with Crippen LogP contribution in [-0.4, -0.2) is 12.3 Å². The quantitative estimate of drug-likeness (QED) is 0.766. The van der Waals surface area contributed by atoms with Crippen molar-refractivity contribution in [3.8, 4) is 0 Å². The molecular formula is C17H17N. The summed E-state index contributed by atoms with van der Waals surface area (Å²) in [4.78, 5) is 4.71. The molecule has 0 bridgehead atoms. The van der Waals surface area contributed by atoms with E-state index in [4.69, 9.17) is 4.99 Å². The predicted octanol–water partition coefficient (Wildman–Crippen LogP) is 3.86. The fourth-order valence-electron chi connectivity index (χ4n) is 2.64. The molecule has 0 amide bonds. The lowest BCUT2D eigenvalue weighted by atomic mass is 9.90. The molecule has 0 fully saturated rings. The van der Waals surface area contributed by atoms with Crippen molar-refractivity contribution in [2.45, 2.75) is 18.8 Å². The highest BCUT2D eigenvalue weighted by Gasteiger charge is 2.22. The molecule has 0 aliphatic carbocycles. The summed E-state index contributed by atoms with van der Waals surface area (Å²) in [5.41, 5.74) is 4.11. The van der Waals surface area contributed by atoms with Crippen LogP contribution < -0.4 is 0 Å². The summed E-state index contributed by atoms with van der Waals surface area (Å²) in [6, 6.07) is 21.4. The van der Waals surface area contributed by atoms with E-state index in [1.165, 1.54) is 16.8 Å². The van der Waals surface area contributed by atoms with Crippen LogP contribution >= 0.6 is 0 Å². The highest BCUT2D eigenvalue weighted by Crippen LogP contribution is 2.27. The minimum atomic E-state index is 0.520. The van der Waals surface area contributed by atoms with Gasteiger partial charge < -0.3 is 0 Å². The van der Waals surface area contributed by atoms with Crippen molar-refractivity contribution in [1.29, 1.82) is 0 Å². The number of nitrogens with zero attached hydrogens (tertiary/aromatic N) is 1. The molecule has 0 N–H and O–H groups in total. The van der Waals surface area contributed by atoms with Gasteiger partial charge in [-0.1, -0.05) is 60.7 Å². The molecule has 0 saturated carbocycles. The van der Waals surface area contributed by atoms with Crippen LogP contribution in [0.2, 0.25) is 0 Å². The van der Waals surface area contributed by atoms with Crippen molar-refractivity contribution in [2.75, 3.05) is 6.54 Å². The lowest BCUT2D eigenvalue weighted by Gasteiger charge is -2.13. The van der Waals surface area contributed by atoms with E-state index in [0.717, 1.165) is 19.4 Å². The first-order valence-corrected chi connectivity index (χ1v) is 6.55. The molecule has 1 aliphatic rings. The van der Waals surface area contributed by atoms with E-state index in [-0.39, 0.29) is 0 Å². The monoisotopic (exact) mass is 235 g/mol. The van der Waals surface area contributed by atoms with Crippen molar-refractivity contribution in [3.63, 3.8) is 0 Å². The lowest BCUT2D eigenvalue weighted by Crippen LogP contribution is -2.11. The van der Waals surface area contributed by atoms with Crippen molar-refractivity contribution in [2.24, 2.45) is 4.99 Å². The Labute approximate surface area is 108 Å². The van der Waals surface area contributed by atoms with Crippen molar-refractivity contribution < 1.29 is 0 Å². The Morgan fingerprint density at radius 1 is 0.889 bits per heavy atom. The van der Waals surface area contributed by atoms with E-state index in [1.807, 2.05) is 0 Å². The minimum Gasteiger partial charge on any atom is -0.293 e. The molecule has 90 valence electrons. The third kappa shape index (κ3) is 2.35. The maximum Gasteiger partial charge on any atom is 0.0398 e. The van der Waals surface area contributed by atoms with Crippen LogP contribution in [0.3, 0.4) is 0 Å². The Morgan fingerprint density at radius 2 is 1.56 bits per heavy atom. The maximum atomic E-state index is 4.71. The second kappa shape index (κ2) is 5.18. The molecule has 0 saturated heterocycles. The highest BCUT2D eigenvalue weighted by molar-refractivity contribution is 5.94. The first-order valence-electron chi connectivity index (χ1n) is 6.55. The Morgan fingerprint density at radius 3 is 2.28 bits per heavy atom. The van der Waals surface area contributed by atoms with E-state index in [9.17, 15) is 0 Å². The predicted molar refractivity (Wildman–Crippen MR) is 76.2 cm³/mol. The van der Waals surface area contributed by atoms with Gasteiger partial charge in [0, 0.05) is 24.6 Å². The first-order chi connectivity index (χ1) is 8.93. The van der Waals surface area contributed by atoms with Gasteiger partial charge in [-0.3, -0.25) is 4.99 Å². The van der Waals surface area contributed by atoms with E-state index in [0.29, 0.717) is 5.92 Å². The molecule has 1 nitrogen and oxygen atoms in total.